The molecule has 0 saturated carbocycles. The first-order valence-corrected chi connectivity index (χ1v) is 9.27. The van der Waals surface area contributed by atoms with Crippen molar-refractivity contribution in [3.8, 4) is 0 Å². The molecule has 3 rings (SSSR count). The van der Waals surface area contributed by atoms with Gasteiger partial charge in [-0.05, 0) is 34.9 Å². The van der Waals surface area contributed by atoms with Crippen LogP contribution in [0.5, 0.6) is 0 Å². The summed E-state index contributed by atoms with van der Waals surface area (Å²) >= 11 is 3.50. The Balaban J connectivity index is 0.00000261. The lowest BCUT2D eigenvalue weighted by Gasteiger charge is -2.14. The molecule has 0 amide bonds. The molecule has 0 aliphatic heterocycles. The van der Waals surface area contributed by atoms with Gasteiger partial charge in [0, 0.05) is 37.0 Å². The van der Waals surface area contributed by atoms with E-state index in [1.54, 1.807) is 13.2 Å². The summed E-state index contributed by atoms with van der Waals surface area (Å²) in [5.41, 5.74) is 3.67. The molecule has 0 aliphatic rings. The monoisotopic (exact) mass is 539 g/mol. The fourth-order valence-corrected chi connectivity index (χ4v) is 3.13. The molecule has 7 heteroatoms. The highest BCUT2D eigenvalue weighted by molar-refractivity contribution is 14.0. The molecule has 0 bridgehead atoms. The summed E-state index contributed by atoms with van der Waals surface area (Å²) in [6.07, 6.45) is 3.78. The Morgan fingerprint density at radius 1 is 1.04 bits per heavy atom. The third-order valence-electron chi connectivity index (χ3n) is 4.03. The normalized spacial score (nSPS) is 11.0. The number of nitrogens with one attached hydrogen (secondary N) is 2. The van der Waals surface area contributed by atoms with Crippen LogP contribution in [0.1, 0.15) is 16.7 Å². The van der Waals surface area contributed by atoms with Crippen molar-refractivity contribution in [1.29, 1.82) is 0 Å². The molecule has 0 saturated heterocycles. The van der Waals surface area contributed by atoms with Crippen molar-refractivity contribution in [2.24, 2.45) is 4.99 Å². The van der Waals surface area contributed by atoms with Crippen LogP contribution in [-0.4, -0.2) is 22.8 Å². The fourth-order valence-electron chi connectivity index (χ4n) is 2.68. The minimum Gasteiger partial charge on any atom is -0.352 e. The quantitative estimate of drug-likeness (QED) is 0.281. The van der Waals surface area contributed by atoms with Gasteiger partial charge in [0.15, 0.2) is 5.96 Å². The maximum atomic E-state index is 4.31. The molecule has 3 aromatic rings. The third kappa shape index (κ3) is 6.66. The van der Waals surface area contributed by atoms with E-state index >= 15 is 0 Å². The predicted molar refractivity (Wildman–Crippen MR) is 124 cm³/mol. The number of guanidine groups is 1. The molecule has 0 aliphatic carbocycles. The zero-order chi connectivity index (χ0) is 18.2. The highest BCUT2D eigenvalue weighted by atomic mass is 127. The van der Waals surface area contributed by atoms with E-state index in [9.17, 15) is 0 Å². The largest absolute Gasteiger partial charge is 0.352 e. The van der Waals surface area contributed by atoms with E-state index in [4.69, 9.17) is 0 Å². The molecule has 2 N–H and O–H groups in total. The molecule has 2 aromatic carbocycles. The van der Waals surface area contributed by atoms with Crippen LogP contribution in [-0.2, 0) is 19.6 Å². The highest BCUT2D eigenvalue weighted by Crippen LogP contribution is 2.12. The second-order valence-corrected chi connectivity index (χ2v) is 6.80. The van der Waals surface area contributed by atoms with Gasteiger partial charge in [0.2, 0.25) is 0 Å². The summed E-state index contributed by atoms with van der Waals surface area (Å²) in [4.78, 5) is 4.31. The smallest absolute Gasteiger partial charge is 0.191 e. The fraction of sp³-hybridized carbons (Fsp3) is 0.200. The first kappa shape index (κ1) is 21.4. The number of hydrogen-bond donors (Lipinski definition) is 2. The van der Waals surface area contributed by atoms with E-state index in [1.807, 2.05) is 29.1 Å². The zero-order valence-corrected chi connectivity index (χ0v) is 19.0. The van der Waals surface area contributed by atoms with Gasteiger partial charge in [-0.25, -0.2) is 0 Å². The second-order valence-electron chi connectivity index (χ2n) is 5.88. The van der Waals surface area contributed by atoms with Crippen molar-refractivity contribution in [1.82, 2.24) is 20.4 Å². The van der Waals surface area contributed by atoms with E-state index in [-0.39, 0.29) is 24.0 Å². The van der Waals surface area contributed by atoms with Crippen LogP contribution in [0, 0.1) is 0 Å². The molecule has 142 valence electrons. The van der Waals surface area contributed by atoms with Crippen molar-refractivity contribution in [3.05, 3.63) is 88.2 Å². The standard InChI is InChI=1S/C20H22BrN5.HI/c1-22-20(23-13-16-6-4-9-19(21)12-16)24-14-17-7-2-3-8-18(17)15-26-11-5-10-25-26;/h2-12H,13-15H2,1H3,(H2,22,23,24);1H. The van der Waals surface area contributed by atoms with Crippen molar-refractivity contribution < 1.29 is 0 Å². The van der Waals surface area contributed by atoms with Gasteiger partial charge in [0.05, 0.1) is 6.54 Å². The Hall–Kier alpha value is -1.87. The number of halogens is 2. The van der Waals surface area contributed by atoms with Crippen molar-refractivity contribution in [2.45, 2.75) is 19.6 Å². The van der Waals surface area contributed by atoms with Crippen LogP contribution < -0.4 is 10.6 Å². The molecule has 0 radical (unpaired) electrons. The van der Waals surface area contributed by atoms with Gasteiger partial charge >= 0.3 is 0 Å². The van der Waals surface area contributed by atoms with Crippen molar-refractivity contribution in [2.75, 3.05) is 7.05 Å². The van der Waals surface area contributed by atoms with E-state index in [1.165, 1.54) is 16.7 Å². The Bertz CT molecular complexity index is 864. The molecular formula is C20H23BrIN5. The van der Waals surface area contributed by atoms with Crippen LogP contribution >= 0.6 is 39.9 Å². The number of nitrogens with zero attached hydrogens (tertiary/aromatic N) is 3. The number of hydrogen-bond acceptors (Lipinski definition) is 2. The zero-order valence-electron chi connectivity index (χ0n) is 15.1. The summed E-state index contributed by atoms with van der Waals surface area (Å²) < 4.78 is 3.01. The molecule has 1 heterocycles. The molecule has 27 heavy (non-hydrogen) atoms. The maximum absolute atomic E-state index is 4.31. The van der Waals surface area contributed by atoms with Crippen LogP contribution in [0.4, 0.5) is 0 Å². The Labute approximate surface area is 185 Å². The van der Waals surface area contributed by atoms with Gasteiger partial charge in [0.25, 0.3) is 0 Å². The SMILES string of the molecule is CN=C(NCc1cccc(Br)c1)NCc1ccccc1Cn1cccn1.I. The molecule has 0 atom stereocenters. The minimum atomic E-state index is 0. The number of rotatable bonds is 6. The van der Waals surface area contributed by atoms with Crippen LogP contribution in [0.2, 0.25) is 0 Å². The minimum absolute atomic E-state index is 0. The first-order chi connectivity index (χ1) is 12.7. The number of aromatic nitrogens is 2. The van der Waals surface area contributed by atoms with E-state index in [0.29, 0.717) is 13.1 Å². The molecule has 0 fully saturated rings. The summed E-state index contributed by atoms with van der Waals surface area (Å²) in [5, 5.41) is 11.0. The lowest BCUT2D eigenvalue weighted by Crippen LogP contribution is -2.36. The summed E-state index contributed by atoms with van der Waals surface area (Å²) in [5.74, 6) is 0.777. The van der Waals surface area contributed by atoms with E-state index in [0.717, 1.165) is 17.0 Å². The van der Waals surface area contributed by atoms with Gasteiger partial charge < -0.3 is 10.6 Å². The predicted octanol–water partition coefficient (Wildman–Crippen LogP) is 4.18. The van der Waals surface area contributed by atoms with Gasteiger partial charge in [-0.1, -0.05) is 52.3 Å². The van der Waals surface area contributed by atoms with Crippen molar-refractivity contribution in [3.63, 3.8) is 0 Å². The van der Waals surface area contributed by atoms with E-state index in [2.05, 4.69) is 73.1 Å². The first-order valence-electron chi connectivity index (χ1n) is 8.48. The lowest BCUT2D eigenvalue weighted by atomic mass is 10.1. The average molecular weight is 540 g/mol. The third-order valence-corrected chi connectivity index (χ3v) is 4.52. The molecular weight excluding hydrogens is 517 g/mol. The maximum Gasteiger partial charge on any atom is 0.191 e. The van der Waals surface area contributed by atoms with Crippen LogP contribution in [0.15, 0.2) is 76.5 Å². The Morgan fingerprint density at radius 3 is 2.52 bits per heavy atom. The van der Waals surface area contributed by atoms with Crippen LogP contribution in [0.25, 0.3) is 0 Å². The van der Waals surface area contributed by atoms with Crippen LogP contribution in [0.3, 0.4) is 0 Å². The summed E-state index contributed by atoms with van der Waals surface area (Å²) in [6.45, 7) is 2.18. The summed E-state index contributed by atoms with van der Waals surface area (Å²) in [6, 6.07) is 18.6. The van der Waals surface area contributed by atoms with Gasteiger partial charge in [-0.3, -0.25) is 9.67 Å². The summed E-state index contributed by atoms with van der Waals surface area (Å²) in [7, 11) is 1.78. The van der Waals surface area contributed by atoms with Crippen molar-refractivity contribution >= 4 is 45.9 Å². The highest BCUT2D eigenvalue weighted by Gasteiger charge is 2.05. The molecule has 0 unspecified atom stereocenters. The Morgan fingerprint density at radius 2 is 1.81 bits per heavy atom. The number of benzene rings is 2. The molecule has 0 spiro atoms. The molecule has 5 nitrogen and oxygen atoms in total. The van der Waals surface area contributed by atoms with Gasteiger partial charge in [0.1, 0.15) is 0 Å². The lowest BCUT2D eigenvalue weighted by molar-refractivity contribution is 0.677. The average Bonchev–Trinajstić information content (AvgIpc) is 3.16. The second kappa shape index (κ2) is 11.1. The molecule has 1 aromatic heterocycles. The topological polar surface area (TPSA) is 54.2 Å². The van der Waals surface area contributed by atoms with E-state index < -0.39 is 0 Å². The number of aliphatic imine (C=N–C) groups is 1. The van der Waals surface area contributed by atoms with Gasteiger partial charge in [-0.15, -0.1) is 24.0 Å². The Kier molecular flexibility index (Phi) is 8.80. The van der Waals surface area contributed by atoms with Gasteiger partial charge in [-0.2, -0.15) is 5.10 Å².